The third kappa shape index (κ3) is 18.3. The molecule has 2 saturated heterocycles. The summed E-state index contributed by atoms with van der Waals surface area (Å²) in [6.07, 6.45) is 6.68. The number of aliphatic hydroxyl groups is 2. The molecular weight excluding hydrogens is 1340 g/mol. The predicted octanol–water partition coefficient (Wildman–Crippen LogP) is 11.0. The average Bonchev–Trinajstić information content (AvgIpc) is 1.60. The van der Waals surface area contributed by atoms with E-state index >= 15 is 0 Å². The number of para-hydroxylation sites is 2. The number of hydrogen-bond acceptors (Lipinski definition) is 28. The van der Waals surface area contributed by atoms with Crippen LogP contribution in [-0.4, -0.2) is 163 Å². The zero-order valence-corrected chi connectivity index (χ0v) is 58.2. The minimum Gasteiger partial charge on any atom is -0.395 e. The van der Waals surface area contributed by atoms with Gasteiger partial charge in [-0.25, -0.2) is 0 Å². The summed E-state index contributed by atoms with van der Waals surface area (Å²) in [6, 6.07) is 21.5. The molecule has 34 heteroatoms. The first-order chi connectivity index (χ1) is 47.0. The number of anilines is 11. The monoisotopic (exact) mass is 1420 g/mol. The molecule has 0 radical (unpaired) electrons. The second kappa shape index (κ2) is 33.3. The number of carbonyl (C=O) groups excluding carboxylic acids is 4. The van der Waals surface area contributed by atoms with Gasteiger partial charge in [-0.05, 0) is 147 Å². The molecular formula is C64H78N18O12S4. The third-order valence-corrected chi connectivity index (χ3v) is 19.8. The van der Waals surface area contributed by atoms with Crippen LogP contribution in [0.1, 0.15) is 95.7 Å². The van der Waals surface area contributed by atoms with E-state index in [-0.39, 0.29) is 81.9 Å². The number of thiazole rings is 2. The smallest absolute Gasteiger partial charge is 0.296 e. The van der Waals surface area contributed by atoms with Gasteiger partial charge in [0, 0.05) is 76.8 Å². The third-order valence-electron chi connectivity index (χ3n) is 16.1. The topological polar surface area (TPSA) is 396 Å². The number of benzene rings is 4. The van der Waals surface area contributed by atoms with Crippen LogP contribution in [0.4, 0.5) is 85.2 Å². The highest BCUT2D eigenvalue weighted by Gasteiger charge is 2.35. The second-order valence-electron chi connectivity index (χ2n) is 22.6. The molecule has 1 unspecified atom stereocenters. The summed E-state index contributed by atoms with van der Waals surface area (Å²) in [5.41, 5.74) is 2.15. The largest absolute Gasteiger partial charge is 0.395 e. The lowest BCUT2D eigenvalue weighted by Gasteiger charge is -2.28. The lowest BCUT2D eigenvalue weighted by Crippen LogP contribution is -2.33. The van der Waals surface area contributed by atoms with Gasteiger partial charge in [0.1, 0.15) is 44.5 Å². The molecule has 0 bridgehead atoms. The van der Waals surface area contributed by atoms with E-state index in [0.29, 0.717) is 85.9 Å². The van der Waals surface area contributed by atoms with Crippen molar-refractivity contribution in [2.24, 2.45) is 20.5 Å². The van der Waals surface area contributed by atoms with Crippen molar-refractivity contribution in [3.63, 3.8) is 0 Å². The van der Waals surface area contributed by atoms with Crippen molar-refractivity contribution in [1.82, 2.24) is 24.9 Å². The van der Waals surface area contributed by atoms with Gasteiger partial charge in [-0.15, -0.1) is 20.5 Å². The number of nitrogens with one attached hydrogen (secondary N) is 4. The minimum absolute atomic E-state index is 0.0102. The summed E-state index contributed by atoms with van der Waals surface area (Å²) in [7, 11) is -9.52. The van der Waals surface area contributed by atoms with Gasteiger partial charge in [0.05, 0.1) is 51.3 Å². The van der Waals surface area contributed by atoms with Gasteiger partial charge < -0.3 is 56.0 Å². The highest BCUT2D eigenvalue weighted by atomic mass is 32.2. The van der Waals surface area contributed by atoms with Crippen LogP contribution in [0.5, 0.6) is 0 Å². The molecule has 0 saturated carbocycles. The molecule has 4 aromatic carbocycles. The molecule has 98 heavy (non-hydrogen) atoms. The van der Waals surface area contributed by atoms with Crippen molar-refractivity contribution >= 4 is 158 Å². The Bertz CT molecular complexity index is 4350. The van der Waals surface area contributed by atoms with Crippen molar-refractivity contribution in [2.45, 2.75) is 95.8 Å². The number of carbonyl (C=O) groups is 4. The molecule has 5 heterocycles. The number of rotatable bonds is 31. The number of amides is 2. The molecule has 2 aliphatic heterocycles. The molecule has 8 N–H and O–H groups in total. The summed E-state index contributed by atoms with van der Waals surface area (Å²) in [5.74, 6) is -3.59. The molecule has 2 fully saturated rings. The number of aliphatic hydroxyl groups excluding tert-OH is 2. The molecule has 1 atom stereocenters. The fourth-order valence-electron chi connectivity index (χ4n) is 11.2. The molecule has 9 rings (SSSR count). The van der Waals surface area contributed by atoms with Crippen molar-refractivity contribution in [3.05, 3.63) is 100 Å². The van der Waals surface area contributed by atoms with Crippen LogP contribution in [0.15, 0.2) is 121 Å². The van der Waals surface area contributed by atoms with Gasteiger partial charge >= 0.3 is 0 Å². The Balaban J connectivity index is 1.10. The Kier molecular flexibility index (Phi) is 24.8. The highest BCUT2D eigenvalue weighted by molar-refractivity contribution is 7.86. The van der Waals surface area contributed by atoms with E-state index < -0.39 is 59.3 Å². The van der Waals surface area contributed by atoms with Gasteiger partial charge in [0.25, 0.3) is 26.1 Å². The van der Waals surface area contributed by atoms with Gasteiger partial charge in [-0.3, -0.25) is 28.3 Å². The van der Waals surface area contributed by atoms with Crippen LogP contribution in [0, 0.1) is 0 Å². The number of piperidine rings is 2. The Morgan fingerprint density at radius 2 is 1.03 bits per heavy atom. The van der Waals surface area contributed by atoms with Crippen molar-refractivity contribution < 1.29 is 55.3 Å². The summed E-state index contributed by atoms with van der Waals surface area (Å²) in [4.78, 5) is 88.6. The number of aromatic nitrogens is 5. The average molecular weight is 1420 g/mol. The van der Waals surface area contributed by atoms with Crippen LogP contribution >= 0.6 is 22.7 Å². The first kappa shape index (κ1) is 73.0. The molecule has 30 nitrogen and oxygen atoms in total. The number of ketones is 2. The maximum Gasteiger partial charge on any atom is 0.296 e. The highest BCUT2D eigenvalue weighted by Crippen LogP contribution is 2.43. The van der Waals surface area contributed by atoms with Crippen LogP contribution in [-0.2, 0) is 39.4 Å². The van der Waals surface area contributed by atoms with E-state index in [9.17, 15) is 55.3 Å². The number of hydrogen-bond donors (Lipinski definition) is 8. The number of nitrogens with zero attached hydrogens (tertiary/aromatic N) is 14. The molecule has 0 aliphatic carbocycles. The van der Waals surface area contributed by atoms with E-state index in [1.54, 1.807) is 17.0 Å². The first-order valence-electron chi connectivity index (χ1n) is 31.9. The van der Waals surface area contributed by atoms with Crippen LogP contribution in [0.3, 0.4) is 0 Å². The molecule has 520 valence electrons. The predicted molar refractivity (Wildman–Crippen MR) is 379 cm³/mol. The van der Waals surface area contributed by atoms with E-state index in [0.717, 1.165) is 84.7 Å². The van der Waals surface area contributed by atoms with Gasteiger partial charge in [0.2, 0.25) is 34.0 Å². The fourth-order valence-corrected chi connectivity index (χ4v) is 14.4. The molecule has 7 aromatic rings. The Morgan fingerprint density at radius 3 is 1.49 bits per heavy atom. The van der Waals surface area contributed by atoms with E-state index in [1.165, 1.54) is 56.3 Å². The van der Waals surface area contributed by atoms with Gasteiger partial charge in [-0.1, -0.05) is 46.9 Å². The lowest BCUT2D eigenvalue weighted by atomic mass is 10.0. The van der Waals surface area contributed by atoms with E-state index in [2.05, 4.69) is 41.3 Å². The van der Waals surface area contributed by atoms with Crippen LogP contribution < -0.4 is 45.8 Å². The fraction of sp³-hybridized carbons (Fsp3) is 0.391. The zero-order chi connectivity index (χ0) is 70.3. The summed E-state index contributed by atoms with van der Waals surface area (Å²) < 4.78 is 68.9. The van der Waals surface area contributed by atoms with Crippen LogP contribution in [0.2, 0.25) is 0 Å². The number of Topliss-reactive ketones (excluding diaryl/α,β-unsaturated/α-hetero) is 2. The normalized spacial score (nSPS) is 14.2. The summed E-state index contributed by atoms with van der Waals surface area (Å²) in [6.45, 7) is 14.8. The summed E-state index contributed by atoms with van der Waals surface area (Å²) >= 11 is 2.04. The van der Waals surface area contributed by atoms with E-state index in [4.69, 9.17) is 35.1 Å². The molecule has 2 amide bonds. The Morgan fingerprint density at radius 1 is 0.571 bits per heavy atom. The molecule has 3 aromatic heterocycles. The maximum atomic E-state index is 14.2. The van der Waals surface area contributed by atoms with E-state index in [1.807, 2.05) is 61.8 Å². The number of azo groups is 2. The minimum atomic E-state index is -4.77. The Hall–Kier alpha value is -9.29. The Labute approximate surface area is 575 Å². The SMILES string of the molecule is CCN(CC)c1ccc(N=Nc2nc(N3CCCCC3)c(/C=C(\C(C)=O)C(=O)Nc3ccccc3S(=O)(=O)O)s2)c(Nc2nc(Nc3cc(N(CC)CC)ccc3N=Nc3nc(N4CCCCC4)c(C(C(C)=O)C(=O)Nc4ccccc4S(=O)(=O)O)s3)nc(N(CCO)CCO)n2)c1. The zero-order valence-electron chi connectivity index (χ0n) is 54.9. The molecule has 0 spiro atoms. The second-order valence-corrected chi connectivity index (χ2v) is 27.4. The summed E-state index contributed by atoms with van der Waals surface area (Å²) in [5, 5.41) is 51.2. The van der Waals surface area contributed by atoms with Crippen molar-refractivity contribution in [2.75, 3.05) is 124 Å². The van der Waals surface area contributed by atoms with Crippen molar-refractivity contribution in [1.29, 1.82) is 0 Å². The first-order valence-corrected chi connectivity index (χ1v) is 36.4. The lowest BCUT2D eigenvalue weighted by molar-refractivity contribution is -0.126. The van der Waals surface area contributed by atoms with Crippen LogP contribution in [0.25, 0.3) is 6.08 Å². The maximum absolute atomic E-state index is 14.2. The van der Waals surface area contributed by atoms with Gasteiger partial charge in [0.15, 0.2) is 5.78 Å². The van der Waals surface area contributed by atoms with Gasteiger partial charge in [-0.2, -0.15) is 41.8 Å². The quantitative estimate of drug-likeness (QED) is 0.00658. The van der Waals surface area contributed by atoms with Crippen molar-refractivity contribution in [3.8, 4) is 0 Å². The molecule has 2 aliphatic rings. The standard InChI is InChI=1S/C64H78N18O12S4/c1-7-78(8-2)42-25-27-45(74-76-63-69-56(80-29-17-11-18-30-80)51(95-63)39-44(40(5)85)58(87)65-47-21-13-15-23-52(47)97(89,90)91)49(37-42)67-60-71-61(73-62(72-60)82(33-35-83)34-36-84)68-50-38-43(79(9-3)10-4)26-28-46(50)75-77-64-70-57(81-31-19-12-20-32-81)55(96-64)54(41(6)86)59(88)66-48-22-14-16-24-53(48)98(92,93)94/h13-16,21-28,37-39,54,83-84H,7-12,17-20,29-36H2,1-6H3,(H,65,87)(H,66,88)(H,89,90,91)(H,92,93,94)(H2,67,68,71,72,73)/b44-39+,76-74?,77-75?.